The van der Waals surface area contributed by atoms with Crippen molar-refractivity contribution >= 4 is 43.6 Å². The van der Waals surface area contributed by atoms with E-state index in [1.807, 2.05) is 0 Å². The lowest BCUT2D eigenvalue weighted by atomic mass is 9.95. The van der Waals surface area contributed by atoms with E-state index in [9.17, 15) is 0 Å². The van der Waals surface area contributed by atoms with Gasteiger partial charge in [-0.2, -0.15) is 0 Å². The van der Waals surface area contributed by atoms with Crippen LogP contribution in [0.1, 0.15) is 95.2 Å². The molecule has 0 radical (unpaired) electrons. The van der Waals surface area contributed by atoms with E-state index in [2.05, 4.69) is 178 Å². The molecular weight excluding hydrogens is 605 g/mol. The minimum Gasteiger partial charge on any atom is -0.309 e. The van der Waals surface area contributed by atoms with Crippen molar-refractivity contribution in [2.45, 2.75) is 78.6 Å². The van der Waals surface area contributed by atoms with Crippen LogP contribution in [-0.4, -0.2) is 9.13 Å². The van der Waals surface area contributed by atoms with Gasteiger partial charge in [-0.25, -0.2) is 0 Å². The molecule has 0 saturated heterocycles. The van der Waals surface area contributed by atoms with Crippen LogP contribution in [0.4, 0.5) is 0 Å². The molecule has 3 atom stereocenters. The first kappa shape index (κ1) is 32.1. The molecule has 2 heteroatoms. The average molecular weight is 653 g/mol. The fraction of sp³-hybridized carbons (Fsp3) is 0.250. The fourth-order valence-corrected chi connectivity index (χ4v) is 7.85. The highest BCUT2D eigenvalue weighted by Crippen LogP contribution is 2.40. The third-order valence-corrected chi connectivity index (χ3v) is 11.6. The van der Waals surface area contributed by atoms with Crippen LogP contribution < -0.4 is 0 Å². The maximum Gasteiger partial charge on any atom is 0.0541 e. The Balaban J connectivity index is 1.34. The van der Waals surface area contributed by atoms with E-state index >= 15 is 0 Å². The Kier molecular flexibility index (Phi) is 8.35. The molecule has 250 valence electrons. The van der Waals surface area contributed by atoms with Gasteiger partial charge in [-0.05, 0) is 138 Å². The standard InChI is InChI=1S/C48H48N2/c1-7-31(4)34-15-21-40(22-16-34)50-46-24-18-36(33(6)9-3)28-42(46)44-30-38(20-26-48(44)50)37-19-25-47-43(29-37)41-27-35(32(5)8-2)17-23-45(41)49(47)39-13-11-10-12-14-39/h10-33H,7-9H2,1-6H3. The SMILES string of the molecule is CCC(C)c1ccc(-n2c3ccc(-c4ccc5c(c4)c4cc(C(C)CC)ccc4n5-c4ccccc4)cc3c3cc(C(C)CC)ccc32)cc1. The summed E-state index contributed by atoms with van der Waals surface area (Å²) in [5, 5.41) is 5.25. The highest BCUT2D eigenvalue weighted by molar-refractivity contribution is 6.13. The number of rotatable bonds is 9. The van der Waals surface area contributed by atoms with Gasteiger partial charge in [0.05, 0.1) is 22.1 Å². The zero-order valence-electron chi connectivity index (χ0n) is 30.4. The van der Waals surface area contributed by atoms with Gasteiger partial charge in [0, 0.05) is 32.9 Å². The van der Waals surface area contributed by atoms with Crippen LogP contribution in [0.2, 0.25) is 0 Å². The van der Waals surface area contributed by atoms with Gasteiger partial charge in [0.1, 0.15) is 0 Å². The summed E-state index contributed by atoms with van der Waals surface area (Å²) in [6, 6.07) is 48.4. The molecule has 0 fully saturated rings. The van der Waals surface area contributed by atoms with Crippen molar-refractivity contribution in [3.63, 3.8) is 0 Å². The molecule has 0 aliphatic rings. The van der Waals surface area contributed by atoms with Crippen molar-refractivity contribution in [3.8, 4) is 22.5 Å². The molecule has 0 aliphatic carbocycles. The third-order valence-electron chi connectivity index (χ3n) is 11.6. The van der Waals surface area contributed by atoms with Crippen molar-refractivity contribution in [2.24, 2.45) is 0 Å². The van der Waals surface area contributed by atoms with Crippen molar-refractivity contribution in [3.05, 3.63) is 144 Å². The molecule has 2 heterocycles. The lowest BCUT2D eigenvalue weighted by Crippen LogP contribution is -1.97. The van der Waals surface area contributed by atoms with Crippen molar-refractivity contribution in [1.82, 2.24) is 9.13 Å². The number of benzene rings is 6. The zero-order chi connectivity index (χ0) is 34.5. The topological polar surface area (TPSA) is 9.86 Å². The van der Waals surface area contributed by atoms with E-state index in [0.717, 1.165) is 19.3 Å². The maximum absolute atomic E-state index is 2.46. The molecule has 8 aromatic rings. The summed E-state index contributed by atoms with van der Waals surface area (Å²) in [7, 11) is 0. The summed E-state index contributed by atoms with van der Waals surface area (Å²) in [6.07, 6.45) is 3.40. The summed E-state index contributed by atoms with van der Waals surface area (Å²) in [4.78, 5) is 0. The smallest absolute Gasteiger partial charge is 0.0541 e. The Morgan fingerprint density at radius 3 is 1.18 bits per heavy atom. The molecule has 8 rings (SSSR count). The predicted octanol–water partition coefficient (Wildman–Crippen LogP) is 14.1. The van der Waals surface area contributed by atoms with Crippen LogP contribution >= 0.6 is 0 Å². The Hall–Kier alpha value is -5.08. The Morgan fingerprint density at radius 2 is 0.740 bits per heavy atom. The van der Waals surface area contributed by atoms with Gasteiger partial charge < -0.3 is 9.13 Å². The molecule has 50 heavy (non-hydrogen) atoms. The first-order valence-corrected chi connectivity index (χ1v) is 18.7. The number of aromatic nitrogens is 2. The molecular formula is C48H48N2. The second-order valence-corrected chi connectivity index (χ2v) is 14.5. The average Bonchev–Trinajstić information content (AvgIpc) is 3.68. The number of nitrogens with zero attached hydrogens (tertiary/aromatic N) is 2. The van der Waals surface area contributed by atoms with Gasteiger partial charge in [0.25, 0.3) is 0 Å². The second kappa shape index (κ2) is 13.0. The van der Waals surface area contributed by atoms with E-state index in [-0.39, 0.29) is 0 Å². The normalized spacial score (nSPS) is 13.8. The summed E-state index contributed by atoms with van der Waals surface area (Å²) >= 11 is 0. The molecule has 0 N–H and O–H groups in total. The largest absolute Gasteiger partial charge is 0.309 e. The first-order valence-electron chi connectivity index (χ1n) is 18.7. The molecule has 6 aromatic carbocycles. The van der Waals surface area contributed by atoms with Gasteiger partial charge in [0.2, 0.25) is 0 Å². The zero-order valence-corrected chi connectivity index (χ0v) is 30.4. The highest BCUT2D eigenvalue weighted by Gasteiger charge is 2.18. The van der Waals surface area contributed by atoms with Gasteiger partial charge in [-0.3, -0.25) is 0 Å². The number of hydrogen-bond donors (Lipinski definition) is 0. The molecule has 0 aliphatic heterocycles. The molecule has 0 spiro atoms. The van der Waals surface area contributed by atoms with Crippen LogP contribution in [0, 0.1) is 0 Å². The van der Waals surface area contributed by atoms with Gasteiger partial charge >= 0.3 is 0 Å². The fourth-order valence-electron chi connectivity index (χ4n) is 7.85. The second-order valence-electron chi connectivity index (χ2n) is 14.5. The van der Waals surface area contributed by atoms with Crippen LogP contribution in [0.5, 0.6) is 0 Å². The van der Waals surface area contributed by atoms with E-state index < -0.39 is 0 Å². The first-order chi connectivity index (χ1) is 24.4. The number of para-hydroxylation sites is 1. The summed E-state index contributed by atoms with van der Waals surface area (Å²) in [5.74, 6) is 1.59. The summed E-state index contributed by atoms with van der Waals surface area (Å²) in [6.45, 7) is 13.8. The van der Waals surface area contributed by atoms with E-state index in [0.29, 0.717) is 17.8 Å². The minimum absolute atomic E-state index is 0.514. The minimum atomic E-state index is 0.514. The van der Waals surface area contributed by atoms with E-state index in [1.54, 1.807) is 0 Å². The Labute approximate surface area is 297 Å². The molecule has 3 unspecified atom stereocenters. The van der Waals surface area contributed by atoms with Crippen molar-refractivity contribution in [2.75, 3.05) is 0 Å². The third kappa shape index (κ3) is 5.33. The molecule has 0 bridgehead atoms. The summed E-state index contributed by atoms with van der Waals surface area (Å²) in [5.41, 5.74) is 14.1. The quantitative estimate of drug-likeness (QED) is 0.147. The lowest BCUT2D eigenvalue weighted by molar-refractivity contribution is 0.733. The maximum atomic E-state index is 2.46. The molecule has 0 amide bonds. The Bertz CT molecular complexity index is 2480. The monoisotopic (exact) mass is 652 g/mol. The van der Waals surface area contributed by atoms with E-state index in [1.165, 1.54) is 82.8 Å². The van der Waals surface area contributed by atoms with Gasteiger partial charge in [-0.1, -0.05) is 96.1 Å². The van der Waals surface area contributed by atoms with Crippen LogP contribution in [0.3, 0.4) is 0 Å². The summed E-state index contributed by atoms with van der Waals surface area (Å²) < 4.78 is 4.89. The number of hydrogen-bond acceptors (Lipinski definition) is 0. The van der Waals surface area contributed by atoms with E-state index in [4.69, 9.17) is 0 Å². The highest BCUT2D eigenvalue weighted by atomic mass is 15.0. The van der Waals surface area contributed by atoms with Crippen LogP contribution in [0.25, 0.3) is 66.1 Å². The number of fused-ring (bicyclic) bond motifs is 6. The van der Waals surface area contributed by atoms with Crippen LogP contribution in [0.15, 0.2) is 127 Å². The Morgan fingerprint density at radius 1 is 0.380 bits per heavy atom. The molecule has 2 nitrogen and oxygen atoms in total. The molecule has 0 saturated carbocycles. The van der Waals surface area contributed by atoms with Crippen LogP contribution in [-0.2, 0) is 0 Å². The lowest BCUT2D eigenvalue weighted by Gasteiger charge is -2.13. The van der Waals surface area contributed by atoms with Gasteiger partial charge in [0.15, 0.2) is 0 Å². The van der Waals surface area contributed by atoms with Gasteiger partial charge in [-0.15, -0.1) is 0 Å². The van der Waals surface area contributed by atoms with Crippen molar-refractivity contribution in [1.29, 1.82) is 0 Å². The predicted molar refractivity (Wildman–Crippen MR) is 217 cm³/mol. The molecule has 2 aromatic heterocycles. The van der Waals surface area contributed by atoms with Crippen molar-refractivity contribution < 1.29 is 0 Å².